The minimum Gasteiger partial charge on any atom is -0.370 e. The van der Waals surface area contributed by atoms with Gasteiger partial charge in [0.05, 0.1) is 23.8 Å². The number of rotatable bonds is 4. The van der Waals surface area contributed by atoms with Gasteiger partial charge in [-0.2, -0.15) is 5.10 Å². The maximum absolute atomic E-state index is 4.70. The summed E-state index contributed by atoms with van der Waals surface area (Å²) in [6, 6.07) is 10.1. The average Bonchev–Trinajstić information content (AvgIpc) is 3.27. The number of anilines is 1. The number of fused-ring (bicyclic) bond motifs is 1. The lowest BCUT2D eigenvalue weighted by molar-refractivity contribution is 0.660. The second kappa shape index (κ2) is 5.81. The third kappa shape index (κ3) is 2.32. The third-order valence-corrected chi connectivity index (χ3v) is 4.05. The first kappa shape index (κ1) is 14.4. The van der Waals surface area contributed by atoms with Crippen molar-refractivity contribution in [3.05, 3.63) is 55.1 Å². The summed E-state index contributed by atoms with van der Waals surface area (Å²) in [6.45, 7) is 2.91. The van der Waals surface area contributed by atoms with E-state index in [1.165, 1.54) is 0 Å². The zero-order valence-corrected chi connectivity index (χ0v) is 13.6. The van der Waals surface area contributed by atoms with Crippen LogP contribution < -0.4 is 5.32 Å². The molecular formula is C18H18N6. The van der Waals surface area contributed by atoms with Crippen molar-refractivity contribution in [3.8, 4) is 22.5 Å². The second-order valence-electron chi connectivity index (χ2n) is 5.51. The van der Waals surface area contributed by atoms with Crippen molar-refractivity contribution < 1.29 is 0 Å². The van der Waals surface area contributed by atoms with E-state index >= 15 is 0 Å². The van der Waals surface area contributed by atoms with Gasteiger partial charge in [-0.05, 0) is 6.92 Å². The molecular weight excluding hydrogens is 300 g/mol. The molecule has 0 spiro atoms. The smallest absolute Gasteiger partial charge is 0.180 e. The highest BCUT2D eigenvalue weighted by molar-refractivity contribution is 5.73. The molecule has 3 aromatic heterocycles. The fraction of sp³-hybridized carbons (Fsp3) is 0.167. The lowest BCUT2D eigenvalue weighted by Gasteiger charge is -2.08. The number of aromatic nitrogens is 5. The summed E-state index contributed by atoms with van der Waals surface area (Å²) in [5, 5.41) is 7.51. The van der Waals surface area contributed by atoms with Crippen molar-refractivity contribution in [1.29, 1.82) is 0 Å². The van der Waals surface area contributed by atoms with Crippen LogP contribution in [0.5, 0.6) is 0 Å². The summed E-state index contributed by atoms with van der Waals surface area (Å²) in [5.74, 6) is 0.755. The molecule has 1 N–H and O–H groups in total. The van der Waals surface area contributed by atoms with Gasteiger partial charge >= 0.3 is 0 Å². The molecule has 0 bridgehead atoms. The van der Waals surface area contributed by atoms with Crippen molar-refractivity contribution in [2.75, 3.05) is 12.4 Å². The van der Waals surface area contributed by atoms with E-state index < -0.39 is 0 Å². The van der Waals surface area contributed by atoms with E-state index in [0.717, 1.165) is 40.5 Å². The molecule has 120 valence electrons. The van der Waals surface area contributed by atoms with Crippen molar-refractivity contribution in [2.24, 2.45) is 0 Å². The van der Waals surface area contributed by atoms with Gasteiger partial charge in [0.1, 0.15) is 0 Å². The zero-order chi connectivity index (χ0) is 16.5. The number of hydrogen-bond donors (Lipinski definition) is 1. The van der Waals surface area contributed by atoms with Gasteiger partial charge < -0.3 is 5.32 Å². The van der Waals surface area contributed by atoms with Crippen LogP contribution in [0.2, 0.25) is 0 Å². The van der Waals surface area contributed by atoms with Crippen LogP contribution in [0.15, 0.2) is 55.1 Å². The molecule has 0 saturated heterocycles. The van der Waals surface area contributed by atoms with Crippen LogP contribution in [0.3, 0.4) is 0 Å². The normalized spacial score (nSPS) is 11.1. The Balaban J connectivity index is 1.93. The molecule has 0 radical (unpaired) electrons. The molecule has 0 unspecified atom stereocenters. The second-order valence-corrected chi connectivity index (χ2v) is 5.51. The molecule has 4 rings (SSSR count). The van der Waals surface area contributed by atoms with Gasteiger partial charge in [-0.3, -0.25) is 9.08 Å². The Morgan fingerprint density at radius 3 is 2.58 bits per heavy atom. The lowest BCUT2D eigenvalue weighted by atomic mass is 10.1. The Morgan fingerprint density at radius 2 is 1.88 bits per heavy atom. The summed E-state index contributed by atoms with van der Waals surface area (Å²) in [7, 11) is 1.86. The van der Waals surface area contributed by atoms with Crippen molar-refractivity contribution in [2.45, 2.75) is 13.5 Å². The Kier molecular flexibility index (Phi) is 3.49. The molecule has 0 aliphatic carbocycles. The van der Waals surface area contributed by atoms with Gasteiger partial charge in [0.15, 0.2) is 11.5 Å². The first-order valence-corrected chi connectivity index (χ1v) is 7.94. The van der Waals surface area contributed by atoms with Crippen LogP contribution >= 0.6 is 0 Å². The summed E-state index contributed by atoms with van der Waals surface area (Å²) in [6.07, 6.45) is 7.79. The van der Waals surface area contributed by atoms with Crippen molar-refractivity contribution in [3.63, 3.8) is 0 Å². The van der Waals surface area contributed by atoms with Crippen LogP contribution in [-0.2, 0) is 6.54 Å². The largest absolute Gasteiger partial charge is 0.370 e. The van der Waals surface area contributed by atoms with Gasteiger partial charge in [-0.1, -0.05) is 30.3 Å². The van der Waals surface area contributed by atoms with E-state index in [1.807, 2.05) is 54.7 Å². The molecule has 0 atom stereocenters. The summed E-state index contributed by atoms with van der Waals surface area (Å²) in [5.41, 5.74) is 4.81. The summed E-state index contributed by atoms with van der Waals surface area (Å²) >= 11 is 0. The van der Waals surface area contributed by atoms with Crippen LogP contribution in [0.1, 0.15) is 6.92 Å². The molecule has 0 saturated carbocycles. The van der Waals surface area contributed by atoms with E-state index in [2.05, 4.69) is 38.9 Å². The van der Waals surface area contributed by atoms with E-state index in [4.69, 9.17) is 4.98 Å². The Morgan fingerprint density at radius 1 is 1.04 bits per heavy atom. The minimum atomic E-state index is 0.755. The van der Waals surface area contributed by atoms with Gasteiger partial charge in [-0.15, -0.1) is 0 Å². The Bertz CT molecular complexity index is 983. The average molecular weight is 318 g/mol. The monoisotopic (exact) mass is 318 g/mol. The van der Waals surface area contributed by atoms with E-state index in [-0.39, 0.29) is 0 Å². The zero-order valence-electron chi connectivity index (χ0n) is 13.6. The summed E-state index contributed by atoms with van der Waals surface area (Å²) < 4.78 is 3.98. The lowest BCUT2D eigenvalue weighted by Crippen LogP contribution is -2.00. The van der Waals surface area contributed by atoms with Crippen LogP contribution in [0.25, 0.3) is 28.2 Å². The van der Waals surface area contributed by atoms with Crippen molar-refractivity contribution in [1.82, 2.24) is 24.1 Å². The quantitative estimate of drug-likeness (QED) is 0.627. The van der Waals surface area contributed by atoms with Gasteiger partial charge in [0.2, 0.25) is 0 Å². The highest BCUT2D eigenvalue weighted by Crippen LogP contribution is 2.27. The molecule has 24 heavy (non-hydrogen) atoms. The number of imidazole rings is 1. The highest BCUT2D eigenvalue weighted by Gasteiger charge is 2.14. The predicted octanol–water partition coefficient (Wildman–Crippen LogP) is 3.32. The number of aryl methyl sites for hydroxylation is 1. The maximum atomic E-state index is 4.70. The Labute approximate surface area is 139 Å². The fourth-order valence-corrected chi connectivity index (χ4v) is 2.79. The molecule has 3 heterocycles. The molecule has 1 aromatic carbocycles. The van der Waals surface area contributed by atoms with Crippen molar-refractivity contribution >= 4 is 11.5 Å². The molecule has 6 nitrogen and oxygen atoms in total. The molecule has 0 aliphatic rings. The first-order chi connectivity index (χ1) is 11.8. The van der Waals surface area contributed by atoms with E-state index in [9.17, 15) is 0 Å². The number of benzene rings is 1. The standard InChI is InChI=1S/C18H18N6/c1-3-23-11-14(9-21-23)16-10-20-18-17(19-2)22-15(12-24(16)18)13-7-5-4-6-8-13/h4-12H,3H2,1-2H3,(H,19,22). The van der Waals surface area contributed by atoms with E-state index in [0.29, 0.717) is 0 Å². The van der Waals surface area contributed by atoms with Crippen LogP contribution in [0.4, 0.5) is 5.82 Å². The van der Waals surface area contributed by atoms with Crippen LogP contribution in [-0.4, -0.2) is 31.2 Å². The molecule has 4 aromatic rings. The first-order valence-electron chi connectivity index (χ1n) is 7.94. The van der Waals surface area contributed by atoms with E-state index in [1.54, 1.807) is 0 Å². The molecule has 0 fully saturated rings. The SMILES string of the molecule is CCn1cc(-c2cnc3c(NC)nc(-c4ccccc4)cn23)cn1. The third-order valence-electron chi connectivity index (χ3n) is 4.05. The molecule has 0 aliphatic heterocycles. The topological polar surface area (TPSA) is 60.0 Å². The molecule has 0 amide bonds. The van der Waals surface area contributed by atoms with Crippen LogP contribution in [0, 0.1) is 0 Å². The predicted molar refractivity (Wildman–Crippen MR) is 94.9 cm³/mol. The number of nitrogens with one attached hydrogen (secondary N) is 1. The van der Waals surface area contributed by atoms with Gasteiger partial charge in [-0.25, -0.2) is 9.97 Å². The van der Waals surface area contributed by atoms with Gasteiger partial charge in [0, 0.05) is 37.1 Å². The number of hydrogen-bond acceptors (Lipinski definition) is 4. The summed E-state index contributed by atoms with van der Waals surface area (Å²) in [4.78, 5) is 9.24. The highest BCUT2D eigenvalue weighted by atomic mass is 15.3. The van der Waals surface area contributed by atoms with Gasteiger partial charge in [0.25, 0.3) is 0 Å². The number of nitrogens with zero attached hydrogens (tertiary/aromatic N) is 5. The minimum absolute atomic E-state index is 0.755. The molecule has 6 heteroatoms. The maximum Gasteiger partial charge on any atom is 0.180 e. The Hall–Kier alpha value is -3.15. The fourth-order valence-electron chi connectivity index (χ4n) is 2.79.